The van der Waals surface area contributed by atoms with E-state index in [4.69, 9.17) is 16.3 Å². The molecule has 1 saturated heterocycles. The van der Waals surface area contributed by atoms with E-state index in [-0.39, 0.29) is 12.5 Å². The van der Waals surface area contributed by atoms with Crippen molar-refractivity contribution in [2.45, 2.75) is 26.6 Å². The second-order valence-corrected chi connectivity index (χ2v) is 8.56. The predicted molar refractivity (Wildman–Crippen MR) is 125 cm³/mol. The molecule has 2 aromatic rings. The number of aliphatic hydroxyl groups is 1. The Morgan fingerprint density at radius 2 is 1.71 bits per heavy atom. The second kappa shape index (κ2) is 11.6. The lowest BCUT2D eigenvalue weighted by atomic mass is 10.1. The summed E-state index contributed by atoms with van der Waals surface area (Å²) in [6, 6.07) is 13.6. The molecule has 2 aromatic carbocycles. The number of hydrogen-bond donors (Lipinski definition) is 2. The van der Waals surface area contributed by atoms with Crippen molar-refractivity contribution in [3.8, 4) is 0 Å². The third-order valence-electron chi connectivity index (χ3n) is 5.57. The van der Waals surface area contributed by atoms with Crippen molar-refractivity contribution in [1.29, 1.82) is 0 Å². The number of nitrogens with one attached hydrogen (secondary N) is 1. The Bertz CT molecular complexity index is 849. The van der Waals surface area contributed by atoms with Gasteiger partial charge in [-0.3, -0.25) is 14.6 Å². The van der Waals surface area contributed by atoms with Crippen LogP contribution in [0.3, 0.4) is 0 Å². The molecule has 31 heavy (non-hydrogen) atoms. The molecule has 1 amide bonds. The van der Waals surface area contributed by atoms with E-state index in [2.05, 4.69) is 15.1 Å². The summed E-state index contributed by atoms with van der Waals surface area (Å²) in [6.07, 6.45) is -0.554. The summed E-state index contributed by atoms with van der Waals surface area (Å²) in [7, 11) is 0. The average Bonchev–Trinajstić information content (AvgIpc) is 2.74. The zero-order valence-corrected chi connectivity index (χ0v) is 19.1. The van der Waals surface area contributed by atoms with Gasteiger partial charge in [0.15, 0.2) is 0 Å². The highest BCUT2D eigenvalue weighted by Crippen LogP contribution is 2.19. The average molecular weight is 446 g/mol. The van der Waals surface area contributed by atoms with Gasteiger partial charge in [0, 0.05) is 43.4 Å². The van der Waals surface area contributed by atoms with Crippen LogP contribution in [0, 0.1) is 13.8 Å². The molecule has 1 aliphatic rings. The molecule has 7 heteroatoms. The number of amides is 1. The summed E-state index contributed by atoms with van der Waals surface area (Å²) in [5.41, 5.74) is 3.98. The third-order valence-corrected chi connectivity index (χ3v) is 5.94. The number of carbonyl (C=O) groups is 1. The molecule has 1 unspecified atom stereocenters. The molecule has 1 fully saturated rings. The van der Waals surface area contributed by atoms with Crippen LogP contribution in [-0.4, -0.2) is 72.8 Å². The molecule has 0 bridgehead atoms. The van der Waals surface area contributed by atoms with Crippen LogP contribution in [0.1, 0.15) is 16.7 Å². The number of aliphatic hydroxyl groups excluding tert-OH is 1. The van der Waals surface area contributed by atoms with Crippen molar-refractivity contribution >= 4 is 23.2 Å². The highest BCUT2D eigenvalue weighted by Gasteiger charge is 2.21. The number of aryl methyl sites for hydroxylation is 2. The molecule has 1 atom stereocenters. The number of para-hydroxylation sites is 1. The molecule has 0 spiro atoms. The molecule has 0 saturated carbocycles. The molecule has 2 N–H and O–H groups in total. The first kappa shape index (κ1) is 23.7. The van der Waals surface area contributed by atoms with Gasteiger partial charge >= 0.3 is 0 Å². The van der Waals surface area contributed by atoms with Crippen LogP contribution < -0.4 is 5.32 Å². The predicted octanol–water partition coefficient (Wildman–Crippen LogP) is 3.09. The maximum Gasteiger partial charge on any atom is 0.238 e. The van der Waals surface area contributed by atoms with Crippen LogP contribution in [0.25, 0.3) is 0 Å². The van der Waals surface area contributed by atoms with Crippen molar-refractivity contribution in [1.82, 2.24) is 9.80 Å². The summed E-state index contributed by atoms with van der Waals surface area (Å²) < 4.78 is 5.63. The zero-order chi connectivity index (χ0) is 22.2. The molecular formula is C24H32ClN3O3. The van der Waals surface area contributed by atoms with E-state index in [0.29, 0.717) is 24.7 Å². The van der Waals surface area contributed by atoms with Crippen molar-refractivity contribution in [3.63, 3.8) is 0 Å². The topological polar surface area (TPSA) is 65.0 Å². The maximum atomic E-state index is 12.5. The van der Waals surface area contributed by atoms with Crippen molar-refractivity contribution in [2.24, 2.45) is 0 Å². The molecular weight excluding hydrogens is 414 g/mol. The van der Waals surface area contributed by atoms with Crippen LogP contribution in [0.2, 0.25) is 5.02 Å². The Hall–Kier alpha value is -1.96. The van der Waals surface area contributed by atoms with Gasteiger partial charge in [-0.2, -0.15) is 0 Å². The van der Waals surface area contributed by atoms with Crippen molar-refractivity contribution < 1.29 is 14.6 Å². The van der Waals surface area contributed by atoms with Gasteiger partial charge in [0.05, 0.1) is 25.9 Å². The number of piperazine rings is 1. The number of hydrogen-bond acceptors (Lipinski definition) is 5. The minimum absolute atomic E-state index is 0.0128. The van der Waals surface area contributed by atoms with E-state index in [1.54, 1.807) is 0 Å². The number of anilines is 1. The Morgan fingerprint density at radius 1 is 1.06 bits per heavy atom. The molecule has 1 aliphatic heterocycles. The van der Waals surface area contributed by atoms with E-state index >= 15 is 0 Å². The van der Waals surface area contributed by atoms with E-state index in [0.717, 1.165) is 48.6 Å². The number of β-amino-alcohol motifs (C(OH)–C–C–N with tert-alkyl or cyclic N) is 1. The number of benzene rings is 2. The fourth-order valence-corrected chi connectivity index (χ4v) is 3.99. The number of nitrogens with zero attached hydrogens (tertiary/aromatic N) is 2. The van der Waals surface area contributed by atoms with Gasteiger partial charge in [-0.15, -0.1) is 0 Å². The molecule has 1 heterocycles. The molecule has 6 nitrogen and oxygen atoms in total. The first-order valence-corrected chi connectivity index (χ1v) is 11.1. The molecule has 3 rings (SSSR count). The van der Waals surface area contributed by atoms with Gasteiger partial charge in [0.1, 0.15) is 0 Å². The Kier molecular flexibility index (Phi) is 8.87. The molecule has 0 aromatic heterocycles. The number of halogens is 1. The summed E-state index contributed by atoms with van der Waals surface area (Å²) in [6.45, 7) is 8.84. The smallest absolute Gasteiger partial charge is 0.238 e. The minimum Gasteiger partial charge on any atom is -0.389 e. The van der Waals surface area contributed by atoms with Crippen LogP contribution >= 0.6 is 11.6 Å². The van der Waals surface area contributed by atoms with E-state index in [1.165, 1.54) is 0 Å². The summed E-state index contributed by atoms with van der Waals surface area (Å²) in [5, 5.41) is 14.0. The fourth-order valence-electron chi connectivity index (χ4n) is 3.79. The largest absolute Gasteiger partial charge is 0.389 e. The number of ether oxygens (including phenoxy) is 1. The van der Waals surface area contributed by atoms with Gasteiger partial charge in [-0.1, -0.05) is 48.0 Å². The Labute approximate surface area is 189 Å². The van der Waals surface area contributed by atoms with Crippen LogP contribution in [0.4, 0.5) is 5.69 Å². The lowest BCUT2D eigenvalue weighted by molar-refractivity contribution is -0.117. The monoisotopic (exact) mass is 445 g/mol. The fraction of sp³-hybridized carbons (Fsp3) is 0.458. The molecule has 168 valence electrons. The van der Waals surface area contributed by atoms with Crippen LogP contribution in [-0.2, 0) is 16.1 Å². The van der Waals surface area contributed by atoms with E-state index < -0.39 is 6.10 Å². The van der Waals surface area contributed by atoms with E-state index in [1.807, 2.05) is 56.3 Å². The second-order valence-electron chi connectivity index (χ2n) is 8.15. The lowest BCUT2D eigenvalue weighted by Crippen LogP contribution is -2.50. The number of carbonyl (C=O) groups excluding carboxylic acids is 1. The van der Waals surface area contributed by atoms with E-state index in [9.17, 15) is 9.90 Å². The highest BCUT2D eigenvalue weighted by atomic mass is 35.5. The van der Waals surface area contributed by atoms with Gasteiger partial charge in [-0.25, -0.2) is 0 Å². The van der Waals surface area contributed by atoms with Crippen LogP contribution in [0.15, 0.2) is 42.5 Å². The first-order valence-electron chi connectivity index (χ1n) is 10.7. The zero-order valence-electron chi connectivity index (χ0n) is 18.3. The van der Waals surface area contributed by atoms with Gasteiger partial charge in [0.2, 0.25) is 5.91 Å². The first-order chi connectivity index (χ1) is 14.9. The quantitative estimate of drug-likeness (QED) is 0.621. The number of rotatable bonds is 9. The highest BCUT2D eigenvalue weighted by molar-refractivity contribution is 6.31. The Morgan fingerprint density at radius 3 is 2.39 bits per heavy atom. The SMILES string of the molecule is Cc1cccc(C)c1NC(=O)CN1CCN(CC(O)COCc2ccccc2Cl)CC1. The van der Waals surface area contributed by atoms with Gasteiger partial charge in [0.25, 0.3) is 0 Å². The minimum atomic E-state index is -0.554. The van der Waals surface area contributed by atoms with Crippen molar-refractivity contribution in [3.05, 3.63) is 64.2 Å². The van der Waals surface area contributed by atoms with Crippen molar-refractivity contribution in [2.75, 3.05) is 51.2 Å². The lowest BCUT2D eigenvalue weighted by Gasteiger charge is -2.35. The third kappa shape index (κ3) is 7.30. The summed E-state index contributed by atoms with van der Waals surface area (Å²) in [5.74, 6) is 0.0128. The van der Waals surface area contributed by atoms with Gasteiger partial charge < -0.3 is 15.2 Å². The summed E-state index contributed by atoms with van der Waals surface area (Å²) >= 11 is 6.12. The molecule has 0 radical (unpaired) electrons. The Balaban J connectivity index is 1.34. The van der Waals surface area contributed by atoms with Gasteiger partial charge in [-0.05, 0) is 36.6 Å². The maximum absolute atomic E-state index is 12.5. The van der Waals surface area contributed by atoms with Crippen LogP contribution in [0.5, 0.6) is 0 Å². The normalized spacial score (nSPS) is 16.3. The summed E-state index contributed by atoms with van der Waals surface area (Å²) in [4.78, 5) is 16.8. The molecule has 0 aliphatic carbocycles. The standard InChI is InChI=1S/C24H32ClN3O3/c1-18-6-5-7-19(2)24(18)26-23(30)15-28-12-10-27(11-13-28)14-21(29)17-31-16-20-8-3-4-9-22(20)25/h3-9,21,29H,10-17H2,1-2H3,(H,26,30).